The number of carbonyl (C=O) groups excluding carboxylic acids is 2. The number of nitrogens with one attached hydrogen (secondary N) is 1. The summed E-state index contributed by atoms with van der Waals surface area (Å²) in [5.41, 5.74) is 12.8. The van der Waals surface area contributed by atoms with Crippen LogP contribution in [0.1, 0.15) is 15.9 Å². The Hall–Kier alpha value is -2.82. The molecule has 19 heavy (non-hydrogen) atoms. The Morgan fingerprint density at radius 3 is 1.79 bits per heavy atom. The zero-order valence-electron chi connectivity index (χ0n) is 10.1. The van der Waals surface area contributed by atoms with E-state index < -0.39 is 6.03 Å². The maximum Gasteiger partial charge on any atom is 0.316 e. The van der Waals surface area contributed by atoms with Crippen molar-refractivity contribution >= 4 is 23.2 Å². The predicted octanol–water partition coefficient (Wildman–Crippen LogP) is 1.99. The van der Waals surface area contributed by atoms with Crippen molar-refractivity contribution < 1.29 is 9.59 Å². The first-order chi connectivity index (χ1) is 9.06. The van der Waals surface area contributed by atoms with Crippen molar-refractivity contribution in [2.24, 2.45) is 5.73 Å². The molecule has 5 N–H and O–H groups in total. The van der Waals surface area contributed by atoms with Crippen molar-refractivity contribution in [3.05, 3.63) is 59.7 Å². The maximum absolute atomic E-state index is 12.1. The Bertz CT molecular complexity index is 604. The van der Waals surface area contributed by atoms with Crippen LogP contribution in [0.4, 0.5) is 16.2 Å². The van der Waals surface area contributed by atoms with Crippen molar-refractivity contribution in [2.45, 2.75) is 0 Å². The highest BCUT2D eigenvalue weighted by atomic mass is 16.2. The van der Waals surface area contributed by atoms with Crippen LogP contribution in [-0.4, -0.2) is 11.8 Å². The number of carbonyl (C=O) groups is 2. The van der Waals surface area contributed by atoms with Crippen LogP contribution in [0.15, 0.2) is 48.5 Å². The van der Waals surface area contributed by atoms with Crippen LogP contribution in [0.5, 0.6) is 0 Å². The summed E-state index contributed by atoms with van der Waals surface area (Å²) in [6.07, 6.45) is 0. The Kier molecular flexibility index (Phi) is 3.47. The van der Waals surface area contributed by atoms with Gasteiger partial charge in [0.2, 0.25) is 0 Å². The fourth-order valence-corrected chi connectivity index (χ4v) is 1.65. The van der Waals surface area contributed by atoms with E-state index in [-0.39, 0.29) is 5.78 Å². The van der Waals surface area contributed by atoms with Crippen LogP contribution in [0, 0.1) is 0 Å². The first-order valence-corrected chi connectivity index (χ1v) is 5.63. The van der Waals surface area contributed by atoms with Crippen molar-refractivity contribution in [1.29, 1.82) is 0 Å². The van der Waals surface area contributed by atoms with E-state index in [1.165, 1.54) is 0 Å². The van der Waals surface area contributed by atoms with E-state index in [1.54, 1.807) is 48.5 Å². The van der Waals surface area contributed by atoms with Gasteiger partial charge in [-0.05, 0) is 48.5 Å². The zero-order valence-corrected chi connectivity index (χ0v) is 10.1. The molecule has 2 aromatic carbocycles. The summed E-state index contributed by atoms with van der Waals surface area (Å²) in [5.74, 6) is -0.106. The van der Waals surface area contributed by atoms with E-state index in [1.807, 2.05) is 0 Å². The van der Waals surface area contributed by atoms with Crippen LogP contribution in [0.3, 0.4) is 0 Å². The van der Waals surface area contributed by atoms with Crippen molar-refractivity contribution in [2.75, 3.05) is 11.1 Å². The standard InChI is InChI=1S/C14H13N3O2/c15-11-5-1-9(2-6-11)13(18)10-3-7-12(8-4-10)17-14(16)19/h1-8H,15H2,(H3,16,17,19). The lowest BCUT2D eigenvalue weighted by Gasteiger charge is -2.04. The van der Waals surface area contributed by atoms with Crippen molar-refractivity contribution in [3.8, 4) is 0 Å². The van der Waals surface area contributed by atoms with Crippen molar-refractivity contribution in [1.82, 2.24) is 0 Å². The SMILES string of the molecule is NC(=O)Nc1ccc(C(=O)c2ccc(N)cc2)cc1. The topological polar surface area (TPSA) is 98.2 Å². The third-order valence-electron chi connectivity index (χ3n) is 2.59. The summed E-state index contributed by atoms with van der Waals surface area (Å²) < 4.78 is 0. The Balaban J connectivity index is 2.20. The Morgan fingerprint density at radius 2 is 1.32 bits per heavy atom. The molecule has 0 aliphatic carbocycles. The molecule has 5 heteroatoms. The molecule has 2 rings (SSSR count). The van der Waals surface area contributed by atoms with E-state index in [2.05, 4.69) is 5.32 Å². The van der Waals surface area contributed by atoms with Gasteiger partial charge in [0, 0.05) is 22.5 Å². The van der Waals surface area contributed by atoms with Gasteiger partial charge in [0.15, 0.2) is 5.78 Å². The zero-order chi connectivity index (χ0) is 13.8. The predicted molar refractivity (Wildman–Crippen MR) is 73.9 cm³/mol. The molecular formula is C14H13N3O2. The second kappa shape index (κ2) is 5.22. The molecule has 0 aliphatic rings. The van der Waals surface area contributed by atoms with Crippen molar-refractivity contribution in [3.63, 3.8) is 0 Å². The van der Waals surface area contributed by atoms with Gasteiger partial charge in [-0.25, -0.2) is 4.79 Å². The monoisotopic (exact) mass is 255 g/mol. The highest BCUT2D eigenvalue weighted by molar-refractivity contribution is 6.09. The van der Waals surface area contributed by atoms with Gasteiger partial charge in [-0.3, -0.25) is 4.79 Å². The summed E-state index contributed by atoms with van der Waals surface area (Å²) in [5, 5.41) is 2.43. The molecule has 0 saturated heterocycles. The smallest absolute Gasteiger partial charge is 0.316 e. The van der Waals surface area contributed by atoms with E-state index >= 15 is 0 Å². The molecule has 96 valence electrons. The van der Waals surface area contributed by atoms with Crippen LogP contribution in [0.25, 0.3) is 0 Å². The molecule has 0 aromatic heterocycles. The number of primary amides is 1. The van der Waals surface area contributed by atoms with Crippen LogP contribution < -0.4 is 16.8 Å². The van der Waals surface area contributed by atoms with Gasteiger partial charge in [-0.1, -0.05) is 0 Å². The molecule has 2 amide bonds. The minimum absolute atomic E-state index is 0.106. The third kappa shape index (κ3) is 3.10. The molecule has 0 bridgehead atoms. The van der Waals surface area contributed by atoms with Crippen LogP contribution in [0.2, 0.25) is 0 Å². The Morgan fingerprint density at radius 1 is 0.842 bits per heavy atom. The van der Waals surface area contributed by atoms with Gasteiger partial charge >= 0.3 is 6.03 Å². The minimum atomic E-state index is -0.641. The number of amides is 2. The number of nitrogens with two attached hydrogens (primary N) is 2. The molecule has 0 fully saturated rings. The fraction of sp³-hybridized carbons (Fsp3) is 0. The molecule has 0 radical (unpaired) electrons. The van der Waals surface area contributed by atoms with Gasteiger partial charge in [-0.15, -0.1) is 0 Å². The van der Waals surface area contributed by atoms with Crippen LogP contribution >= 0.6 is 0 Å². The molecule has 0 spiro atoms. The molecular weight excluding hydrogens is 242 g/mol. The largest absolute Gasteiger partial charge is 0.399 e. The van der Waals surface area contributed by atoms with Crippen LogP contribution in [-0.2, 0) is 0 Å². The van der Waals surface area contributed by atoms with E-state index in [9.17, 15) is 9.59 Å². The minimum Gasteiger partial charge on any atom is -0.399 e. The normalized spacial score (nSPS) is 9.89. The first-order valence-electron chi connectivity index (χ1n) is 5.63. The average molecular weight is 255 g/mol. The second-order valence-electron chi connectivity index (χ2n) is 4.02. The number of rotatable bonds is 3. The average Bonchev–Trinajstić information content (AvgIpc) is 2.39. The molecule has 0 aliphatic heterocycles. The summed E-state index contributed by atoms with van der Waals surface area (Å²) >= 11 is 0. The number of urea groups is 1. The third-order valence-corrected chi connectivity index (χ3v) is 2.59. The van der Waals surface area contributed by atoms with E-state index in [0.29, 0.717) is 22.5 Å². The fourth-order valence-electron chi connectivity index (χ4n) is 1.65. The number of nitrogen functional groups attached to an aromatic ring is 1. The lowest BCUT2D eigenvalue weighted by atomic mass is 10.0. The van der Waals surface area contributed by atoms with E-state index in [0.717, 1.165) is 0 Å². The summed E-state index contributed by atoms with van der Waals surface area (Å²) in [6, 6.07) is 12.6. The first kappa shape index (κ1) is 12.6. The molecule has 0 heterocycles. The summed E-state index contributed by atoms with van der Waals surface area (Å²) in [7, 11) is 0. The Labute approximate surface area is 110 Å². The summed E-state index contributed by atoms with van der Waals surface area (Å²) in [4.78, 5) is 22.8. The summed E-state index contributed by atoms with van der Waals surface area (Å²) in [6.45, 7) is 0. The molecule has 0 atom stereocenters. The lowest BCUT2D eigenvalue weighted by Crippen LogP contribution is -2.19. The number of hydrogen-bond donors (Lipinski definition) is 3. The van der Waals surface area contributed by atoms with Gasteiger partial charge in [0.1, 0.15) is 0 Å². The highest BCUT2D eigenvalue weighted by Crippen LogP contribution is 2.14. The molecule has 2 aromatic rings. The lowest BCUT2D eigenvalue weighted by molar-refractivity contribution is 0.103. The number of anilines is 2. The molecule has 5 nitrogen and oxygen atoms in total. The van der Waals surface area contributed by atoms with E-state index in [4.69, 9.17) is 11.5 Å². The van der Waals surface area contributed by atoms with Gasteiger partial charge in [0.05, 0.1) is 0 Å². The van der Waals surface area contributed by atoms with Gasteiger partial charge in [0.25, 0.3) is 0 Å². The second-order valence-corrected chi connectivity index (χ2v) is 4.02. The molecule has 0 saturated carbocycles. The van der Waals surface area contributed by atoms with Gasteiger partial charge < -0.3 is 16.8 Å². The number of ketones is 1. The number of hydrogen-bond acceptors (Lipinski definition) is 3. The maximum atomic E-state index is 12.1. The molecule has 0 unspecified atom stereocenters. The quantitative estimate of drug-likeness (QED) is 0.577. The van der Waals surface area contributed by atoms with Gasteiger partial charge in [-0.2, -0.15) is 0 Å². The number of benzene rings is 2. The highest BCUT2D eigenvalue weighted by Gasteiger charge is 2.08.